The van der Waals surface area contributed by atoms with Gasteiger partial charge in [0, 0.05) is 18.1 Å². The van der Waals surface area contributed by atoms with Gasteiger partial charge in [0.25, 0.3) is 0 Å². The number of aliphatic hydroxyl groups is 1. The van der Waals surface area contributed by atoms with E-state index < -0.39 is 0 Å². The zero-order valence-corrected chi connectivity index (χ0v) is 10.5. The Morgan fingerprint density at radius 2 is 2.25 bits per heavy atom. The molecule has 1 aromatic heterocycles. The number of hydrogen-bond donors (Lipinski definition) is 1. The summed E-state index contributed by atoms with van der Waals surface area (Å²) < 4.78 is 0. The molecular weight excluding hydrogens is 242 g/mol. The maximum Gasteiger partial charge on any atom is 0.0957 e. The van der Waals surface area contributed by atoms with Gasteiger partial charge in [-0.05, 0) is 24.6 Å². The quantitative estimate of drug-likeness (QED) is 0.911. The molecule has 0 spiro atoms. The third-order valence-electron chi connectivity index (χ3n) is 2.25. The first-order valence-electron chi connectivity index (χ1n) is 5.04. The molecule has 2 aromatic rings. The van der Waals surface area contributed by atoms with Gasteiger partial charge in [0.15, 0.2) is 0 Å². The van der Waals surface area contributed by atoms with Crippen molar-refractivity contribution in [2.75, 3.05) is 6.61 Å². The summed E-state index contributed by atoms with van der Waals surface area (Å²) in [5.41, 5.74) is 2.09. The van der Waals surface area contributed by atoms with Crippen molar-refractivity contribution in [1.82, 2.24) is 4.98 Å². The normalized spacial score (nSPS) is 10.7. The van der Waals surface area contributed by atoms with E-state index in [1.165, 1.54) is 0 Å². The van der Waals surface area contributed by atoms with Crippen LogP contribution in [0.3, 0.4) is 0 Å². The number of aliphatic hydroxyl groups excluding tert-OH is 1. The van der Waals surface area contributed by atoms with Crippen LogP contribution in [0.2, 0.25) is 5.02 Å². The van der Waals surface area contributed by atoms with Crippen LogP contribution in [-0.2, 0) is 6.42 Å². The van der Waals surface area contributed by atoms with Gasteiger partial charge in [-0.25, -0.2) is 4.98 Å². The lowest BCUT2D eigenvalue weighted by Crippen LogP contribution is -1.88. The molecule has 0 saturated carbocycles. The zero-order chi connectivity index (χ0) is 11.5. The SMILES string of the molecule is Cc1nc(CCO)sc1-c1cccc(Cl)c1. The molecule has 0 bridgehead atoms. The van der Waals surface area contributed by atoms with Crippen LogP contribution in [0.25, 0.3) is 10.4 Å². The van der Waals surface area contributed by atoms with E-state index in [9.17, 15) is 0 Å². The first kappa shape index (κ1) is 11.6. The van der Waals surface area contributed by atoms with Crippen molar-refractivity contribution in [3.63, 3.8) is 0 Å². The summed E-state index contributed by atoms with van der Waals surface area (Å²) in [6.45, 7) is 2.12. The Bertz CT molecular complexity index is 496. The fourth-order valence-corrected chi connectivity index (χ4v) is 2.79. The minimum atomic E-state index is 0.141. The number of benzene rings is 1. The maximum absolute atomic E-state index is 8.88. The van der Waals surface area contributed by atoms with Crippen LogP contribution in [0.4, 0.5) is 0 Å². The number of aromatic nitrogens is 1. The number of hydrogen-bond acceptors (Lipinski definition) is 3. The lowest BCUT2D eigenvalue weighted by Gasteiger charge is -1.98. The molecule has 2 rings (SSSR count). The van der Waals surface area contributed by atoms with Gasteiger partial charge < -0.3 is 5.11 Å². The summed E-state index contributed by atoms with van der Waals surface area (Å²) in [4.78, 5) is 5.55. The average Bonchev–Trinajstić information content (AvgIpc) is 2.60. The second kappa shape index (κ2) is 4.95. The minimum absolute atomic E-state index is 0.141. The molecule has 0 saturated heterocycles. The maximum atomic E-state index is 8.88. The molecule has 0 aliphatic rings. The van der Waals surface area contributed by atoms with E-state index in [4.69, 9.17) is 16.7 Å². The van der Waals surface area contributed by atoms with Crippen LogP contribution in [0, 0.1) is 6.92 Å². The van der Waals surface area contributed by atoms with Gasteiger partial charge in [-0.1, -0.05) is 23.7 Å². The van der Waals surface area contributed by atoms with Gasteiger partial charge in [-0.15, -0.1) is 11.3 Å². The Hall–Kier alpha value is -0.900. The van der Waals surface area contributed by atoms with E-state index in [1.54, 1.807) is 11.3 Å². The van der Waals surface area contributed by atoms with E-state index in [1.807, 2.05) is 31.2 Å². The number of aryl methyl sites for hydroxylation is 1. The first-order valence-corrected chi connectivity index (χ1v) is 6.23. The molecule has 0 aliphatic heterocycles. The smallest absolute Gasteiger partial charge is 0.0957 e. The Morgan fingerprint density at radius 1 is 1.44 bits per heavy atom. The van der Waals surface area contributed by atoms with Crippen LogP contribution >= 0.6 is 22.9 Å². The second-order valence-corrected chi connectivity index (χ2v) is 5.03. The van der Waals surface area contributed by atoms with E-state index >= 15 is 0 Å². The van der Waals surface area contributed by atoms with Crippen LogP contribution < -0.4 is 0 Å². The second-order valence-electron chi connectivity index (χ2n) is 3.51. The zero-order valence-electron chi connectivity index (χ0n) is 8.90. The molecule has 1 N–H and O–H groups in total. The topological polar surface area (TPSA) is 33.1 Å². The van der Waals surface area contributed by atoms with E-state index in [-0.39, 0.29) is 6.61 Å². The Morgan fingerprint density at radius 3 is 2.94 bits per heavy atom. The summed E-state index contributed by atoms with van der Waals surface area (Å²) in [5, 5.41) is 10.6. The predicted molar refractivity (Wildman–Crippen MR) is 68.1 cm³/mol. The molecule has 16 heavy (non-hydrogen) atoms. The van der Waals surface area contributed by atoms with Gasteiger partial charge in [0.1, 0.15) is 0 Å². The van der Waals surface area contributed by atoms with Gasteiger partial charge in [0.05, 0.1) is 15.6 Å². The number of halogens is 1. The summed E-state index contributed by atoms with van der Waals surface area (Å²) in [5.74, 6) is 0. The van der Waals surface area contributed by atoms with Crippen molar-refractivity contribution in [1.29, 1.82) is 0 Å². The van der Waals surface area contributed by atoms with Crippen molar-refractivity contribution >= 4 is 22.9 Å². The van der Waals surface area contributed by atoms with Gasteiger partial charge in [-0.2, -0.15) is 0 Å². The van der Waals surface area contributed by atoms with Gasteiger partial charge >= 0.3 is 0 Å². The van der Waals surface area contributed by atoms with Crippen LogP contribution in [-0.4, -0.2) is 16.7 Å². The van der Waals surface area contributed by atoms with Gasteiger partial charge in [0.2, 0.25) is 0 Å². The Kier molecular flexibility index (Phi) is 3.59. The van der Waals surface area contributed by atoms with Crippen molar-refractivity contribution in [3.8, 4) is 10.4 Å². The van der Waals surface area contributed by atoms with E-state index in [0.717, 1.165) is 26.2 Å². The van der Waals surface area contributed by atoms with Crippen molar-refractivity contribution in [2.45, 2.75) is 13.3 Å². The monoisotopic (exact) mass is 253 g/mol. The molecule has 0 fully saturated rings. The molecule has 84 valence electrons. The number of thiazole rings is 1. The number of nitrogens with zero attached hydrogens (tertiary/aromatic N) is 1. The van der Waals surface area contributed by atoms with Crippen molar-refractivity contribution in [3.05, 3.63) is 40.0 Å². The fourth-order valence-electron chi connectivity index (χ4n) is 1.55. The predicted octanol–water partition coefficient (Wildman–Crippen LogP) is 3.31. The molecular formula is C12H12ClNOS. The molecule has 2 nitrogen and oxygen atoms in total. The number of rotatable bonds is 3. The Labute approximate surface area is 104 Å². The molecule has 0 aliphatic carbocycles. The summed E-state index contributed by atoms with van der Waals surface area (Å²) in [6, 6.07) is 7.75. The molecule has 0 amide bonds. The third-order valence-corrected chi connectivity index (χ3v) is 3.75. The highest BCUT2D eigenvalue weighted by Gasteiger charge is 2.09. The summed E-state index contributed by atoms with van der Waals surface area (Å²) in [7, 11) is 0. The lowest BCUT2D eigenvalue weighted by atomic mass is 10.2. The largest absolute Gasteiger partial charge is 0.396 e. The lowest BCUT2D eigenvalue weighted by molar-refractivity contribution is 0.299. The molecule has 1 heterocycles. The summed E-state index contributed by atoms with van der Waals surface area (Å²) in [6.07, 6.45) is 0.617. The van der Waals surface area contributed by atoms with Crippen LogP contribution in [0.1, 0.15) is 10.7 Å². The molecule has 0 radical (unpaired) electrons. The van der Waals surface area contributed by atoms with Crippen molar-refractivity contribution < 1.29 is 5.11 Å². The average molecular weight is 254 g/mol. The minimum Gasteiger partial charge on any atom is -0.396 e. The van der Waals surface area contributed by atoms with Crippen LogP contribution in [0.5, 0.6) is 0 Å². The fraction of sp³-hybridized carbons (Fsp3) is 0.250. The standard InChI is InChI=1S/C12H12ClNOS/c1-8-12(16-11(14-8)5-6-15)9-3-2-4-10(13)7-9/h2-4,7,15H,5-6H2,1H3. The molecule has 1 aromatic carbocycles. The highest BCUT2D eigenvalue weighted by atomic mass is 35.5. The van der Waals surface area contributed by atoms with E-state index in [2.05, 4.69) is 4.98 Å². The Balaban J connectivity index is 2.40. The molecule has 0 atom stereocenters. The van der Waals surface area contributed by atoms with E-state index in [0.29, 0.717) is 6.42 Å². The van der Waals surface area contributed by atoms with Crippen LogP contribution in [0.15, 0.2) is 24.3 Å². The highest BCUT2D eigenvalue weighted by Crippen LogP contribution is 2.31. The molecule has 0 unspecified atom stereocenters. The highest BCUT2D eigenvalue weighted by molar-refractivity contribution is 7.15. The summed E-state index contributed by atoms with van der Waals surface area (Å²) >= 11 is 7.58. The molecule has 4 heteroatoms. The van der Waals surface area contributed by atoms with Crippen molar-refractivity contribution in [2.24, 2.45) is 0 Å². The third kappa shape index (κ3) is 2.43. The van der Waals surface area contributed by atoms with Gasteiger partial charge in [-0.3, -0.25) is 0 Å². The first-order chi connectivity index (χ1) is 7.70.